The number of para-hydroxylation sites is 1. The Balaban J connectivity index is 2.17. The Labute approximate surface area is 120 Å². The van der Waals surface area contributed by atoms with E-state index < -0.39 is 0 Å². The summed E-state index contributed by atoms with van der Waals surface area (Å²) in [5, 5.41) is 12.6. The molecule has 0 saturated heterocycles. The van der Waals surface area contributed by atoms with Crippen LogP contribution >= 0.6 is 27.3 Å². The Morgan fingerprint density at radius 2 is 1.83 bits per heavy atom. The average Bonchev–Trinajstić information content (AvgIpc) is 2.81. The number of nitrogens with one attached hydrogen (secondary N) is 1. The Hall–Kier alpha value is -0.940. The van der Waals surface area contributed by atoms with Gasteiger partial charge in [-0.05, 0) is 39.9 Å². The quantitative estimate of drug-likeness (QED) is 0.901. The van der Waals surface area contributed by atoms with Crippen molar-refractivity contribution in [2.45, 2.75) is 33.2 Å². The number of halogens is 1. The standard InChI is InChI=1S/C13H16BrN3S/c1-3-9-6-5-7-10(4-2)12(9)15-8-11-16-17-13(14)18-11/h5-7,15H,3-4,8H2,1-2H3. The minimum absolute atomic E-state index is 0.729. The fourth-order valence-corrected chi connectivity index (χ4v) is 3.08. The molecule has 0 aliphatic heterocycles. The van der Waals surface area contributed by atoms with Crippen LogP contribution in [0.5, 0.6) is 0 Å². The minimum Gasteiger partial charge on any atom is -0.378 e. The van der Waals surface area contributed by atoms with Gasteiger partial charge in [-0.25, -0.2) is 0 Å². The number of hydrogen-bond donors (Lipinski definition) is 1. The largest absolute Gasteiger partial charge is 0.378 e. The maximum atomic E-state index is 4.10. The molecule has 0 aliphatic carbocycles. The molecular formula is C13H16BrN3S. The molecule has 0 spiro atoms. The van der Waals surface area contributed by atoms with Crippen molar-refractivity contribution in [3.63, 3.8) is 0 Å². The van der Waals surface area contributed by atoms with Crippen molar-refractivity contribution in [2.75, 3.05) is 5.32 Å². The second kappa shape index (κ2) is 6.29. The Morgan fingerprint density at radius 1 is 1.17 bits per heavy atom. The van der Waals surface area contributed by atoms with Crippen molar-refractivity contribution in [1.29, 1.82) is 0 Å². The molecule has 2 rings (SSSR count). The lowest BCUT2D eigenvalue weighted by Gasteiger charge is -2.14. The van der Waals surface area contributed by atoms with Crippen LogP contribution in [-0.4, -0.2) is 10.2 Å². The van der Waals surface area contributed by atoms with E-state index in [-0.39, 0.29) is 0 Å². The Kier molecular flexibility index (Phi) is 4.72. The zero-order valence-corrected chi connectivity index (χ0v) is 12.9. The molecule has 0 unspecified atom stereocenters. The smallest absolute Gasteiger partial charge is 0.183 e. The molecule has 1 heterocycles. The maximum Gasteiger partial charge on any atom is 0.183 e. The van der Waals surface area contributed by atoms with E-state index in [0.29, 0.717) is 0 Å². The third-order valence-electron chi connectivity index (χ3n) is 2.86. The van der Waals surface area contributed by atoms with Gasteiger partial charge >= 0.3 is 0 Å². The highest BCUT2D eigenvalue weighted by Gasteiger charge is 2.07. The van der Waals surface area contributed by atoms with Gasteiger partial charge in [0, 0.05) is 5.69 Å². The summed E-state index contributed by atoms with van der Waals surface area (Å²) in [5.41, 5.74) is 3.98. The average molecular weight is 326 g/mol. The summed E-state index contributed by atoms with van der Waals surface area (Å²) >= 11 is 4.90. The number of hydrogen-bond acceptors (Lipinski definition) is 4. The summed E-state index contributed by atoms with van der Waals surface area (Å²) in [4.78, 5) is 0. The minimum atomic E-state index is 0.729. The van der Waals surface area contributed by atoms with E-state index in [1.165, 1.54) is 16.8 Å². The molecule has 96 valence electrons. The lowest BCUT2D eigenvalue weighted by molar-refractivity contribution is 0.970. The first-order valence-electron chi connectivity index (χ1n) is 6.07. The monoisotopic (exact) mass is 325 g/mol. The predicted molar refractivity (Wildman–Crippen MR) is 80.1 cm³/mol. The lowest BCUT2D eigenvalue weighted by Crippen LogP contribution is -2.05. The molecule has 2 aromatic rings. The van der Waals surface area contributed by atoms with Crippen LogP contribution in [0.4, 0.5) is 5.69 Å². The third kappa shape index (κ3) is 3.09. The lowest BCUT2D eigenvalue weighted by atomic mass is 10.0. The normalized spacial score (nSPS) is 10.6. The number of nitrogens with zero attached hydrogens (tertiary/aromatic N) is 2. The Morgan fingerprint density at radius 3 is 2.33 bits per heavy atom. The molecule has 1 N–H and O–H groups in total. The molecular weight excluding hydrogens is 310 g/mol. The molecule has 0 aliphatic rings. The number of benzene rings is 1. The SMILES string of the molecule is CCc1cccc(CC)c1NCc1nnc(Br)s1. The van der Waals surface area contributed by atoms with E-state index in [2.05, 4.69) is 63.5 Å². The highest BCUT2D eigenvalue weighted by molar-refractivity contribution is 9.11. The molecule has 0 radical (unpaired) electrons. The van der Waals surface area contributed by atoms with Crippen molar-refractivity contribution >= 4 is 33.0 Å². The van der Waals surface area contributed by atoms with E-state index in [4.69, 9.17) is 0 Å². The van der Waals surface area contributed by atoms with Crippen LogP contribution in [0.3, 0.4) is 0 Å². The van der Waals surface area contributed by atoms with E-state index >= 15 is 0 Å². The van der Waals surface area contributed by atoms with Crippen LogP contribution in [0.1, 0.15) is 30.0 Å². The molecule has 0 bridgehead atoms. The Bertz CT molecular complexity index is 502. The van der Waals surface area contributed by atoms with Crippen LogP contribution < -0.4 is 5.32 Å². The van der Waals surface area contributed by atoms with Gasteiger partial charge in [0.2, 0.25) is 0 Å². The van der Waals surface area contributed by atoms with Gasteiger partial charge in [-0.3, -0.25) is 0 Å². The summed E-state index contributed by atoms with van der Waals surface area (Å²) in [6.07, 6.45) is 2.08. The van der Waals surface area contributed by atoms with Crippen LogP contribution in [0, 0.1) is 0 Å². The van der Waals surface area contributed by atoms with Crippen molar-refractivity contribution < 1.29 is 0 Å². The molecule has 0 atom stereocenters. The molecule has 18 heavy (non-hydrogen) atoms. The second-order valence-electron chi connectivity index (χ2n) is 3.96. The van der Waals surface area contributed by atoms with Crippen LogP contribution in [0.2, 0.25) is 0 Å². The van der Waals surface area contributed by atoms with Gasteiger partial charge in [0.1, 0.15) is 5.01 Å². The number of rotatable bonds is 5. The predicted octanol–water partition coefficient (Wildman–Crippen LogP) is 4.04. The molecule has 0 saturated carbocycles. The third-order valence-corrected chi connectivity index (χ3v) is 4.21. The van der Waals surface area contributed by atoms with Gasteiger partial charge in [-0.2, -0.15) is 0 Å². The van der Waals surface area contributed by atoms with Crippen molar-refractivity contribution in [2.24, 2.45) is 0 Å². The van der Waals surface area contributed by atoms with Gasteiger partial charge < -0.3 is 5.32 Å². The van der Waals surface area contributed by atoms with Crippen molar-refractivity contribution in [3.8, 4) is 0 Å². The summed E-state index contributed by atoms with van der Waals surface area (Å²) in [7, 11) is 0. The highest BCUT2D eigenvalue weighted by atomic mass is 79.9. The molecule has 1 aromatic heterocycles. The van der Waals surface area contributed by atoms with Gasteiger partial charge in [-0.1, -0.05) is 43.4 Å². The van der Waals surface area contributed by atoms with Crippen LogP contribution in [0.25, 0.3) is 0 Å². The maximum absolute atomic E-state index is 4.10. The molecule has 3 nitrogen and oxygen atoms in total. The summed E-state index contributed by atoms with van der Waals surface area (Å²) in [5.74, 6) is 0. The zero-order valence-electron chi connectivity index (χ0n) is 10.5. The van der Waals surface area contributed by atoms with E-state index in [1.807, 2.05) is 0 Å². The highest BCUT2D eigenvalue weighted by Crippen LogP contribution is 2.24. The molecule has 5 heteroatoms. The van der Waals surface area contributed by atoms with Gasteiger partial charge in [0.25, 0.3) is 0 Å². The van der Waals surface area contributed by atoms with E-state index in [9.17, 15) is 0 Å². The first kappa shape index (κ1) is 13.5. The zero-order chi connectivity index (χ0) is 13.0. The topological polar surface area (TPSA) is 37.8 Å². The molecule has 0 fully saturated rings. The van der Waals surface area contributed by atoms with E-state index in [1.54, 1.807) is 11.3 Å². The van der Waals surface area contributed by atoms with Gasteiger partial charge in [-0.15, -0.1) is 10.2 Å². The fraction of sp³-hybridized carbons (Fsp3) is 0.385. The van der Waals surface area contributed by atoms with Crippen LogP contribution in [-0.2, 0) is 19.4 Å². The van der Waals surface area contributed by atoms with Crippen LogP contribution in [0.15, 0.2) is 22.1 Å². The first-order valence-corrected chi connectivity index (χ1v) is 7.68. The number of anilines is 1. The van der Waals surface area contributed by atoms with Crippen molar-refractivity contribution in [1.82, 2.24) is 10.2 Å². The van der Waals surface area contributed by atoms with E-state index in [0.717, 1.165) is 28.3 Å². The molecule has 0 amide bonds. The second-order valence-corrected chi connectivity index (χ2v) is 6.30. The summed E-state index contributed by atoms with van der Waals surface area (Å²) < 4.78 is 0.832. The van der Waals surface area contributed by atoms with Crippen molar-refractivity contribution in [3.05, 3.63) is 38.3 Å². The number of aromatic nitrogens is 2. The summed E-state index contributed by atoms with van der Waals surface area (Å²) in [6.45, 7) is 5.09. The fourth-order valence-electron chi connectivity index (χ4n) is 1.94. The first-order chi connectivity index (χ1) is 8.74. The van der Waals surface area contributed by atoms with Gasteiger partial charge in [0.05, 0.1) is 6.54 Å². The summed E-state index contributed by atoms with van der Waals surface area (Å²) in [6, 6.07) is 6.49. The molecule has 1 aromatic carbocycles. The number of aryl methyl sites for hydroxylation is 2. The van der Waals surface area contributed by atoms with Gasteiger partial charge in [0.15, 0.2) is 3.92 Å².